The number of pyridine rings is 1. The van der Waals surface area contributed by atoms with Crippen molar-refractivity contribution in [2.75, 3.05) is 5.32 Å². The fraction of sp³-hybridized carbons (Fsp3) is 0. The molecule has 4 rings (SSSR count). The highest BCUT2D eigenvalue weighted by Gasteiger charge is 2.15. The van der Waals surface area contributed by atoms with Gasteiger partial charge in [-0.2, -0.15) is 0 Å². The first-order chi connectivity index (χ1) is 14.0. The van der Waals surface area contributed by atoms with Gasteiger partial charge in [0.1, 0.15) is 0 Å². The zero-order valence-electron chi connectivity index (χ0n) is 15.0. The lowest BCUT2D eigenvalue weighted by Gasteiger charge is -2.11. The summed E-state index contributed by atoms with van der Waals surface area (Å²) < 4.78 is 0. The zero-order valence-corrected chi connectivity index (χ0v) is 15.8. The van der Waals surface area contributed by atoms with Gasteiger partial charge in [-0.05, 0) is 36.4 Å². The van der Waals surface area contributed by atoms with Crippen LogP contribution in [-0.2, 0) is 0 Å². The molecule has 0 bridgehead atoms. The maximum absolute atomic E-state index is 13.0. The SMILES string of the molecule is O=C(Nc1ccc([N+](=O)[O-])cc1)c1cc(-c2ccc(Cl)cc2)nc2ccccc12. The number of carbonyl (C=O) groups is 1. The van der Waals surface area contributed by atoms with E-state index in [9.17, 15) is 14.9 Å². The molecule has 0 saturated heterocycles. The Morgan fingerprint density at radius 1 is 0.966 bits per heavy atom. The summed E-state index contributed by atoms with van der Waals surface area (Å²) in [6, 6.07) is 22.0. The second kappa shape index (κ2) is 7.69. The van der Waals surface area contributed by atoms with Crippen LogP contribution < -0.4 is 5.32 Å². The highest BCUT2D eigenvalue weighted by molar-refractivity contribution is 6.30. The fourth-order valence-electron chi connectivity index (χ4n) is 3.00. The molecule has 0 aliphatic heterocycles. The molecule has 1 amide bonds. The van der Waals surface area contributed by atoms with Gasteiger partial charge in [0.2, 0.25) is 0 Å². The molecule has 0 aliphatic carbocycles. The number of hydrogen-bond donors (Lipinski definition) is 1. The van der Waals surface area contributed by atoms with E-state index in [1.54, 1.807) is 18.2 Å². The molecule has 1 heterocycles. The second-order valence-corrected chi connectivity index (χ2v) is 6.77. The number of fused-ring (bicyclic) bond motifs is 1. The van der Waals surface area contributed by atoms with Gasteiger partial charge in [-0.1, -0.05) is 41.9 Å². The lowest BCUT2D eigenvalue weighted by Crippen LogP contribution is -2.13. The summed E-state index contributed by atoms with van der Waals surface area (Å²) in [5.41, 5.74) is 3.06. The van der Waals surface area contributed by atoms with Crippen LogP contribution in [0.4, 0.5) is 11.4 Å². The molecule has 0 fully saturated rings. The Labute approximate surface area is 170 Å². The first-order valence-electron chi connectivity index (χ1n) is 8.73. The van der Waals surface area contributed by atoms with Gasteiger partial charge < -0.3 is 5.32 Å². The van der Waals surface area contributed by atoms with Crippen LogP contribution in [0, 0.1) is 10.1 Å². The third-order valence-corrected chi connectivity index (χ3v) is 4.69. The third kappa shape index (κ3) is 3.93. The molecule has 0 unspecified atom stereocenters. The van der Waals surface area contributed by atoms with E-state index in [4.69, 9.17) is 11.6 Å². The van der Waals surface area contributed by atoms with Crippen molar-refractivity contribution in [1.29, 1.82) is 0 Å². The Morgan fingerprint density at radius 2 is 1.66 bits per heavy atom. The number of benzene rings is 3. The third-order valence-electron chi connectivity index (χ3n) is 4.44. The van der Waals surface area contributed by atoms with Crippen molar-refractivity contribution in [2.45, 2.75) is 0 Å². The van der Waals surface area contributed by atoms with Crippen molar-refractivity contribution in [2.24, 2.45) is 0 Å². The smallest absolute Gasteiger partial charge is 0.269 e. The van der Waals surface area contributed by atoms with Gasteiger partial charge in [-0.25, -0.2) is 4.98 Å². The minimum absolute atomic E-state index is 0.0395. The van der Waals surface area contributed by atoms with Crippen LogP contribution in [0.2, 0.25) is 5.02 Å². The average molecular weight is 404 g/mol. The maximum atomic E-state index is 13.0. The molecule has 29 heavy (non-hydrogen) atoms. The molecule has 7 heteroatoms. The molecule has 0 aliphatic rings. The predicted octanol–water partition coefficient (Wildman–Crippen LogP) is 5.72. The highest BCUT2D eigenvalue weighted by Crippen LogP contribution is 2.27. The summed E-state index contributed by atoms with van der Waals surface area (Å²) >= 11 is 5.97. The molecule has 4 aromatic rings. The number of carbonyl (C=O) groups excluding carboxylic acids is 1. The minimum Gasteiger partial charge on any atom is -0.322 e. The number of aromatic nitrogens is 1. The lowest BCUT2D eigenvalue weighted by molar-refractivity contribution is -0.384. The number of anilines is 1. The number of nitrogens with zero attached hydrogens (tertiary/aromatic N) is 2. The Balaban J connectivity index is 1.74. The fourth-order valence-corrected chi connectivity index (χ4v) is 3.12. The van der Waals surface area contributed by atoms with Gasteiger partial charge >= 0.3 is 0 Å². The zero-order chi connectivity index (χ0) is 20.4. The van der Waals surface area contributed by atoms with Crippen molar-refractivity contribution in [3.05, 3.63) is 99.6 Å². The van der Waals surface area contributed by atoms with E-state index in [1.165, 1.54) is 24.3 Å². The topological polar surface area (TPSA) is 85.1 Å². The van der Waals surface area contributed by atoms with Crippen LogP contribution in [0.15, 0.2) is 78.9 Å². The summed E-state index contributed by atoms with van der Waals surface area (Å²) in [5, 5.41) is 14.9. The molecule has 6 nitrogen and oxygen atoms in total. The summed E-state index contributed by atoms with van der Waals surface area (Å²) in [6.45, 7) is 0. The number of amides is 1. The molecule has 142 valence electrons. The summed E-state index contributed by atoms with van der Waals surface area (Å²) in [7, 11) is 0. The van der Waals surface area contributed by atoms with Crippen molar-refractivity contribution >= 4 is 39.8 Å². The quantitative estimate of drug-likeness (QED) is 0.349. The second-order valence-electron chi connectivity index (χ2n) is 6.34. The van der Waals surface area contributed by atoms with Crippen LogP contribution in [0.1, 0.15) is 10.4 Å². The Hall–Kier alpha value is -3.77. The Kier molecular flexibility index (Phi) is 4.93. The maximum Gasteiger partial charge on any atom is 0.269 e. The number of hydrogen-bond acceptors (Lipinski definition) is 4. The van der Waals surface area contributed by atoms with E-state index in [0.29, 0.717) is 32.9 Å². The number of halogens is 1. The van der Waals surface area contributed by atoms with Gasteiger partial charge in [-0.3, -0.25) is 14.9 Å². The molecule has 3 aromatic carbocycles. The normalized spacial score (nSPS) is 10.7. The summed E-state index contributed by atoms with van der Waals surface area (Å²) in [5.74, 6) is -0.326. The number of nitrogens with one attached hydrogen (secondary N) is 1. The molecule has 1 N–H and O–H groups in total. The monoisotopic (exact) mass is 403 g/mol. The summed E-state index contributed by atoms with van der Waals surface area (Å²) in [4.78, 5) is 28.0. The van der Waals surface area contributed by atoms with Crippen LogP contribution >= 0.6 is 11.6 Å². The average Bonchev–Trinajstić information content (AvgIpc) is 2.74. The van der Waals surface area contributed by atoms with Gasteiger partial charge in [0.05, 0.1) is 21.7 Å². The molecular weight excluding hydrogens is 390 g/mol. The predicted molar refractivity (Wildman–Crippen MR) is 113 cm³/mol. The first kappa shape index (κ1) is 18.6. The molecule has 1 aromatic heterocycles. The van der Waals surface area contributed by atoms with Crippen LogP contribution in [0.3, 0.4) is 0 Å². The molecule has 0 spiro atoms. The number of para-hydroxylation sites is 1. The van der Waals surface area contributed by atoms with E-state index in [-0.39, 0.29) is 11.6 Å². The summed E-state index contributed by atoms with van der Waals surface area (Å²) in [6.07, 6.45) is 0. The van der Waals surface area contributed by atoms with Crippen molar-refractivity contribution in [3.8, 4) is 11.3 Å². The van der Waals surface area contributed by atoms with Crippen molar-refractivity contribution in [1.82, 2.24) is 4.98 Å². The van der Waals surface area contributed by atoms with Crippen molar-refractivity contribution < 1.29 is 9.72 Å². The molecule has 0 saturated carbocycles. The van der Waals surface area contributed by atoms with Crippen molar-refractivity contribution in [3.63, 3.8) is 0 Å². The number of nitro groups is 1. The van der Waals surface area contributed by atoms with Gasteiger partial charge in [0.15, 0.2) is 0 Å². The molecule has 0 radical (unpaired) electrons. The van der Waals surface area contributed by atoms with Crippen LogP contribution in [0.5, 0.6) is 0 Å². The van der Waals surface area contributed by atoms with E-state index in [1.807, 2.05) is 36.4 Å². The Bertz CT molecular complexity index is 1220. The largest absolute Gasteiger partial charge is 0.322 e. The number of nitro benzene ring substituents is 1. The van der Waals surface area contributed by atoms with Crippen LogP contribution in [-0.4, -0.2) is 15.8 Å². The first-order valence-corrected chi connectivity index (χ1v) is 9.10. The number of rotatable bonds is 4. The van der Waals surface area contributed by atoms with E-state index < -0.39 is 4.92 Å². The van der Waals surface area contributed by atoms with Crippen LogP contribution in [0.25, 0.3) is 22.2 Å². The highest BCUT2D eigenvalue weighted by atomic mass is 35.5. The minimum atomic E-state index is -0.486. The van der Waals surface area contributed by atoms with E-state index >= 15 is 0 Å². The van der Waals surface area contributed by atoms with Gasteiger partial charge in [0, 0.05) is 33.8 Å². The molecular formula is C22H14ClN3O3. The van der Waals surface area contributed by atoms with E-state index in [2.05, 4.69) is 10.3 Å². The number of non-ortho nitro benzene ring substituents is 1. The lowest BCUT2D eigenvalue weighted by atomic mass is 10.0. The van der Waals surface area contributed by atoms with Gasteiger partial charge in [0.25, 0.3) is 11.6 Å². The molecule has 0 atom stereocenters. The van der Waals surface area contributed by atoms with E-state index in [0.717, 1.165) is 5.56 Å². The Morgan fingerprint density at radius 3 is 2.34 bits per heavy atom. The van der Waals surface area contributed by atoms with Gasteiger partial charge in [-0.15, -0.1) is 0 Å². The standard InChI is InChI=1S/C22H14ClN3O3/c23-15-7-5-14(6-8-15)21-13-19(18-3-1-2-4-20(18)25-21)22(27)24-16-9-11-17(12-10-16)26(28)29/h1-13H,(H,24,27).